The summed E-state index contributed by atoms with van der Waals surface area (Å²) in [5, 5.41) is 0. The standard InChI is InChI=1S/C14H17F2N/c15-14(16)7-13(8-14,9-17)12-5-10-3-1-2-4-11(10)6-12/h1-4,12H,5-9,17H2. The lowest BCUT2D eigenvalue weighted by Gasteiger charge is -2.50. The van der Waals surface area contributed by atoms with Crippen LogP contribution in [0, 0.1) is 11.3 Å². The molecular weight excluding hydrogens is 220 g/mol. The van der Waals surface area contributed by atoms with E-state index in [4.69, 9.17) is 5.73 Å². The molecule has 2 N–H and O–H groups in total. The van der Waals surface area contributed by atoms with Crippen LogP contribution >= 0.6 is 0 Å². The molecule has 1 saturated carbocycles. The Morgan fingerprint density at radius 2 is 1.65 bits per heavy atom. The van der Waals surface area contributed by atoms with Gasteiger partial charge in [-0.2, -0.15) is 0 Å². The molecule has 2 aliphatic carbocycles. The van der Waals surface area contributed by atoms with Gasteiger partial charge >= 0.3 is 0 Å². The normalized spacial score (nSPS) is 25.4. The van der Waals surface area contributed by atoms with Gasteiger partial charge in [-0.15, -0.1) is 0 Å². The van der Waals surface area contributed by atoms with Crippen molar-refractivity contribution < 1.29 is 8.78 Å². The van der Waals surface area contributed by atoms with Crippen molar-refractivity contribution in [3.63, 3.8) is 0 Å². The molecule has 0 spiro atoms. The Bertz CT molecular complexity index is 409. The van der Waals surface area contributed by atoms with Crippen molar-refractivity contribution in [2.75, 3.05) is 6.54 Å². The number of alkyl halides is 2. The van der Waals surface area contributed by atoms with E-state index in [1.165, 1.54) is 11.1 Å². The highest BCUT2D eigenvalue weighted by Gasteiger charge is 2.59. The molecule has 1 nitrogen and oxygen atoms in total. The third-order valence-corrected chi connectivity index (χ3v) is 4.54. The minimum Gasteiger partial charge on any atom is -0.330 e. The van der Waals surface area contributed by atoms with Crippen LogP contribution in [0.3, 0.4) is 0 Å². The number of hydrogen-bond acceptors (Lipinski definition) is 1. The molecule has 0 amide bonds. The maximum atomic E-state index is 13.1. The lowest BCUT2D eigenvalue weighted by molar-refractivity contribution is -0.177. The molecule has 92 valence electrons. The van der Waals surface area contributed by atoms with Crippen LogP contribution in [0.15, 0.2) is 24.3 Å². The second-order valence-electron chi connectivity index (χ2n) is 5.65. The van der Waals surface area contributed by atoms with E-state index in [9.17, 15) is 8.78 Å². The first-order chi connectivity index (χ1) is 8.05. The minimum absolute atomic E-state index is 0.0187. The van der Waals surface area contributed by atoms with Gasteiger partial charge in [0.1, 0.15) is 0 Å². The summed E-state index contributed by atoms with van der Waals surface area (Å²) in [5.74, 6) is -2.17. The summed E-state index contributed by atoms with van der Waals surface area (Å²) in [6, 6.07) is 8.25. The van der Waals surface area contributed by atoms with Crippen LogP contribution < -0.4 is 5.73 Å². The van der Waals surface area contributed by atoms with E-state index in [2.05, 4.69) is 12.1 Å². The molecule has 1 aromatic carbocycles. The molecule has 0 bridgehead atoms. The van der Waals surface area contributed by atoms with Crippen molar-refractivity contribution in [1.29, 1.82) is 0 Å². The van der Waals surface area contributed by atoms with E-state index in [-0.39, 0.29) is 18.3 Å². The highest BCUT2D eigenvalue weighted by molar-refractivity contribution is 5.33. The van der Waals surface area contributed by atoms with Gasteiger partial charge in [0.05, 0.1) is 0 Å². The van der Waals surface area contributed by atoms with Crippen molar-refractivity contribution in [3.05, 3.63) is 35.4 Å². The SMILES string of the molecule is NCC1(C2Cc3ccccc3C2)CC(F)(F)C1. The van der Waals surface area contributed by atoms with E-state index in [0.29, 0.717) is 12.5 Å². The second kappa shape index (κ2) is 3.52. The average molecular weight is 237 g/mol. The largest absolute Gasteiger partial charge is 0.330 e. The average Bonchev–Trinajstić information content (AvgIpc) is 2.68. The van der Waals surface area contributed by atoms with Gasteiger partial charge < -0.3 is 5.73 Å². The van der Waals surface area contributed by atoms with Gasteiger partial charge in [-0.25, -0.2) is 8.78 Å². The quantitative estimate of drug-likeness (QED) is 0.841. The number of hydrogen-bond donors (Lipinski definition) is 1. The molecule has 0 saturated heterocycles. The van der Waals surface area contributed by atoms with Crippen molar-refractivity contribution in [3.8, 4) is 0 Å². The summed E-state index contributed by atoms with van der Waals surface area (Å²) in [6.45, 7) is 0.390. The number of nitrogens with two attached hydrogens (primary N) is 1. The van der Waals surface area contributed by atoms with Crippen molar-refractivity contribution in [1.82, 2.24) is 0 Å². The van der Waals surface area contributed by atoms with Crippen LogP contribution in [-0.2, 0) is 12.8 Å². The van der Waals surface area contributed by atoms with Crippen LogP contribution in [0.2, 0.25) is 0 Å². The molecule has 0 aromatic heterocycles. The molecule has 1 aromatic rings. The van der Waals surface area contributed by atoms with E-state index >= 15 is 0 Å². The Morgan fingerprint density at radius 1 is 1.12 bits per heavy atom. The van der Waals surface area contributed by atoms with Gasteiger partial charge in [-0.1, -0.05) is 24.3 Å². The van der Waals surface area contributed by atoms with Crippen LogP contribution in [0.5, 0.6) is 0 Å². The molecule has 0 aliphatic heterocycles. The maximum Gasteiger partial charge on any atom is 0.249 e. The number of halogens is 2. The lowest BCUT2D eigenvalue weighted by Crippen LogP contribution is -2.54. The second-order valence-corrected chi connectivity index (χ2v) is 5.65. The predicted octanol–water partition coefficient (Wildman–Crippen LogP) is 2.78. The summed E-state index contributed by atoms with van der Waals surface area (Å²) < 4.78 is 26.3. The number of fused-ring (bicyclic) bond motifs is 1. The van der Waals surface area contributed by atoms with Gasteiger partial charge in [0.2, 0.25) is 5.92 Å². The molecule has 1 fully saturated rings. The van der Waals surface area contributed by atoms with Gasteiger partial charge in [-0.05, 0) is 41.8 Å². The van der Waals surface area contributed by atoms with Crippen LogP contribution in [0.4, 0.5) is 8.78 Å². The summed E-state index contributed by atoms with van der Waals surface area (Å²) in [5.41, 5.74) is 8.09. The van der Waals surface area contributed by atoms with E-state index in [1.54, 1.807) is 0 Å². The molecule has 0 atom stereocenters. The van der Waals surface area contributed by atoms with Crippen LogP contribution in [0.1, 0.15) is 24.0 Å². The highest BCUT2D eigenvalue weighted by Crippen LogP contribution is 2.58. The van der Waals surface area contributed by atoms with Gasteiger partial charge in [0.25, 0.3) is 0 Å². The third-order valence-electron chi connectivity index (χ3n) is 4.54. The summed E-state index contributed by atoms with van der Waals surface area (Å²) in [7, 11) is 0. The molecule has 3 rings (SSSR count). The molecule has 0 unspecified atom stereocenters. The fourth-order valence-electron chi connectivity index (χ4n) is 3.57. The number of benzene rings is 1. The maximum absolute atomic E-state index is 13.1. The highest BCUT2D eigenvalue weighted by atomic mass is 19.3. The molecule has 0 radical (unpaired) electrons. The third kappa shape index (κ3) is 1.68. The lowest BCUT2D eigenvalue weighted by atomic mass is 9.58. The van der Waals surface area contributed by atoms with E-state index in [0.717, 1.165) is 12.8 Å². The zero-order valence-corrected chi connectivity index (χ0v) is 9.76. The molecule has 17 heavy (non-hydrogen) atoms. The van der Waals surface area contributed by atoms with Crippen molar-refractivity contribution in [2.45, 2.75) is 31.6 Å². The summed E-state index contributed by atoms with van der Waals surface area (Å²) in [4.78, 5) is 0. The van der Waals surface area contributed by atoms with Crippen molar-refractivity contribution >= 4 is 0 Å². The Kier molecular flexibility index (Phi) is 2.31. The Balaban J connectivity index is 1.80. The Labute approximate surface area is 100 Å². The Hall–Kier alpha value is -0.960. The molecule has 2 aliphatic rings. The van der Waals surface area contributed by atoms with Gasteiger partial charge in [-0.3, -0.25) is 0 Å². The topological polar surface area (TPSA) is 26.0 Å². The number of rotatable bonds is 2. The van der Waals surface area contributed by atoms with E-state index < -0.39 is 5.92 Å². The predicted molar refractivity (Wildman–Crippen MR) is 63.0 cm³/mol. The zero-order chi connectivity index (χ0) is 12.1. The van der Waals surface area contributed by atoms with Crippen LogP contribution in [0.25, 0.3) is 0 Å². The summed E-state index contributed by atoms with van der Waals surface area (Å²) >= 11 is 0. The first-order valence-electron chi connectivity index (χ1n) is 6.19. The smallest absolute Gasteiger partial charge is 0.249 e. The Morgan fingerprint density at radius 3 is 2.06 bits per heavy atom. The first kappa shape index (κ1) is 11.1. The van der Waals surface area contributed by atoms with Gasteiger partial charge in [0, 0.05) is 12.8 Å². The fraction of sp³-hybridized carbons (Fsp3) is 0.571. The monoisotopic (exact) mass is 237 g/mol. The molecule has 3 heteroatoms. The van der Waals surface area contributed by atoms with Crippen LogP contribution in [-0.4, -0.2) is 12.5 Å². The fourth-order valence-corrected chi connectivity index (χ4v) is 3.57. The molecule has 0 heterocycles. The van der Waals surface area contributed by atoms with E-state index in [1.807, 2.05) is 12.1 Å². The first-order valence-corrected chi connectivity index (χ1v) is 6.19. The van der Waals surface area contributed by atoms with Crippen molar-refractivity contribution in [2.24, 2.45) is 17.1 Å². The zero-order valence-electron chi connectivity index (χ0n) is 9.76. The van der Waals surface area contributed by atoms with Gasteiger partial charge in [0.15, 0.2) is 0 Å². The minimum atomic E-state index is -2.48. The summed E-state index contributed by atoms with van der Waals surface area (Å²) in [6.07, 6.45) is 1.80. The molecular formula is C14H17F2N.